The van der Waals surface area contributed by atoms with Crippen LogP contribution in [0.3, 0.4) is 0 Å². The maximum Gasteiger partial charge on any atom is 0.183 e. The Bertz CT molecular complexity index is 602. The number of ether oxygens (including phenoxy) is 1. The molecule has 1 unspecified atom stereocenters. The summed E-state index contributed by atoms with van der Waals surface area (Å²) in [5, 5.41) is 0. The van der Waals surface area contributed by atoms with Gasteiger partial charge in [0.05, 0.1) is 10.6 Å². The fourth-order valence-corrected chi connectivity index (χ4v) is 5.09. The highest BCUT2D eigenvalue weighted by molar-refractivity contribution is 8.04. The first kappa shape index (κ1) is 11.2. The van der Waals surface area contributed by atoms with Gasteiger partial charge in [-0.1, -0.05) is 12.1 Å². The van der Waals surface area contributed by atoms with Crippen molar-refractivity contribution in [2.24, 2.45) is 0 Å². The Labute approximate surface area is 105 Å². The lowest BCUT2D eigenvalue weighted by Gasteiger charge is -2.30. The fourth-order valence-electron chi connectivity index (χ4n) is 2.08. The van der Waals surface area contributed by atoms with Crippen LogP contribution in [0, 0.1) is 0 Å². The molecule has 1 aromatic carbocycles. The van der Waals surface area contributed by atoms with Gasteiger partial charge in [-0.05, 0) is 19.1 Å². The number of benzene rings is 1. The summed E-state index contributed by atoms with van der Waals surface area (Å²) in [4.78, 5) is 1.25. The van der Waals surface area contributed by atoms with E-state index in [1.165, 1.54) is 0 Å². The average Bonchev–Trinajstić information content (AvgIpc) is 2.30. The second kappa shape index (κ2) is 3.78. The largest absolute Gasteiger partial charge is 0.488 e. The van der Waals surface area contributed by atoms with Gasteiger partial charge < -0.3 is 4.74 Å². The van der Waals surface area contributed by atoms with E-state index in [0.717, 1.165) is 16.4 Å². The first-order chi connectivity index (χ1) is 8.08. The van der Waals surface area contributed by atoms with Crippen LogP contribution >= 0.6 is 11.8 Å². The van der Waals surface area contributed by atoms with Crippen molar-refractivity contribution in [1.82, 2.24) is 0 Å². The summed E-state index contributed by atoms with van der Waals surface area (Å²) < 4.78 is 30.0. The second-order valence-corrected chi connectivity index (χ2v) is 7.32. The average molecular weight is 268 g/mol. The molecule has 0 saturated carbocycles. The Kier molecular flexibility index (Phi) is 2.48. The van der Waals surface area contributed by atoms with E-state index in [1.807, 2.05) is 19.1 Å². The molecule has 1 atom stereocenters. The summed E-state index contributed by atoms with van der Waals surface area (Å²) in [5.74, 6) is 1.66. The molecule has 0 spiro atoms. The van der Waals surface area contributed by atoms with E-state index >= 15 is 0 Å². The highest BCUT2D eigenvalue weighted by Crippen LogP contribution is 2.42. The summed E-state index contributed by atoms with van der Waals surface area (Å²) in [6.45, 7) is 2.00. The Morgan fingerprint density at radius 2 is 2.12 bits per heavy atom. The summed E-state index contributed by atoms with van der Waals surface area (Å²) in [6, 6.07) is 7.07. The van der Waals surface area contributed by atoms with Crippen LogP contribution in [-0.4, -0.2) is 26.0 Å². The molecule has 0 amide bonds. The van der Waals surface area contributed by atoms with E-state index in [2.05, 4.69) is 0 Å². The van der Waals surface area contributed by atoms with Crippen molar-refractivity contribution in [2.45, 2.75) is 17.9 Å². The Morgan fingerprint density at radius 3 is 2.94 bits per heavy atom. The number of hydrogen-bond acceptors (Lipinski definition) is 4. The van der Waals surface area contributed by atoms with Crippen molar-refractivity contribution < 1.29 is 13.2 Å². The number of fused-ring (bicyclic) bond motifs is 2. The Balaban J connectivity index is 2.24. The molecule has 3 rings (SSSR count). The van der Waals surface area contributed by atoms with E-state index in [9.17, 15) is 8.42 Å². The summed E-state index contributed by atoms with van der Waals surface area (Å²) in [5.41, 5.74) is 0.716. The second-order valence-electron chi connectivity index (χ2n) is 4.25. The molecule has 17 heavy (non-hydrogen) atoms. The van der Waals surface area contributed by atoms with E-state index in [-0.39, 0.29) is 11.9 Å². The molecule has 2 heterocycles. The molecule has 3 nitrogen and oxygen atoms in total. The molecule has 90 valence electrons. The molecule has 2 aliphatic heterocycles. The maximum absolute atomic E-state index is 12.1. The highest BCUT2D eigenvalue weighted by Gasteiger charge is 2.34. The van der Waals surface area contributed by atoms with Crippen LogP contribution in [0.4, 0.5) is 0 Å². The van der Waals surface area contributed by atoms with Gasteiger partial charge in [-0.25, -0.2) is 8.42 Å². The normalized spacial score (nSPS) is 25.8. The van der Waals surface area contributed by atoms with Gasteiger partial charge in [0.15, 0.2) is 9.84 Å². The molecule has 0 saturated heterocycles. The minimum atomic E-state index is -3.19. The molecule has 0 N–H and O–H groups in total. The fraction of sp³-hybridized carbons (Fsp3) is 0.333. The SMILES string of the molecule is CC1CSC2=C(O1)c1ccccc1S(=O)(=O)C2. The Morgan fingerprint density at radius 1 is 1.35 bits per heavy atom. The lowest BCUT2D eigenvalue weighted by atomic mass is 10.1. The van der Waals surface area contributed by atoms with Crippen molar-refractivity contribution in [3.8, 4) is 0 Å². The van der Waals surface area contributed by atoms with Crippen molar-refractivity contribution in [1.29, 1.82) is 0 Å². The standard InChI is InChI=1S/C12H12O3S2/c1-8-6-16-10-7-17(13,14)11-5-3-2-4-9(11)12(10)15-8/h2-5,8H,6-7H2,1H3. The molecule has 0 fully saturated rings. The monoisotopic (exact) mass is 268 g/mol. The zero-order valence-corrected chi connectivity index (χ0v) is 11.0. The molecule has 0 aliphatic carbocycles. The molecule has 0 radical (unpaired) electrons. The van der Waals surface area contributed by atoms with Crippen LogP contribution in [0.1, 0.15) is 12.5 Å². The van der Waals surface area contributed by atoms with Crippen molar-refractivity contribution in [3.63, 3.8) is 0 Å². The van der Waals surface area contributed by atoms with Crippen molar-refractivity contribution >= 4 is 27.4 Å². The smallest absolute Gasteiger partial charge is 0.183 e. The van der Waals surface area contributed by atoms with Crippen LogP contribution in [0.2, 0.25) is 0 Å². The number of hydrogen-bond donors (Lipinski definition) is 0. The summed E-state index contributed by atoms with van der Waals surface area (Å²) in [6.07, 6.45) is 0.132. The zero-order valence-electron chi connectivity index (χ0n) is 9.34. The van der Waals surface area contributed by atoms with E-state index < -0.39 is 9.84 Å². The van der Waals surface area contributed by atoms with E-state index in [4.69, 9.17) is 4.74 Å². The van der Waals surface area contributed by atoms with Gasteiger partial charge in [-0.3, -0.25) is 0 Å². The van der Waals surface area contributed by atoms with Gasteiger partial charge in [0.1, 0.15) is 11.9 Å². The van der Waals surface area contributed by atoms with Crippen LogP contribution < -0.4 is 0 Å². The molecular weight excluding hydrogens is 256 g/mol. The number of sulfone groups is 1. The van der Waals surface area contributed by atoms with Gasteiger partial charge in [-0.2, -0.15) is 0 Å². The Hall–Kier alpha value is -0.940. The van der Waals surface area contributed by atoms with Gasteiger partial charge in [0, 0.05) is 16.2 Å². The number of rotatable bonds is 0. The minimum absolute atomic E-state index is 0.0801. The molecule has 2 aliphatic rings. The van der Waals surface area contributed by atoms with Crippen LogP contribution in [0.5, 0.6) is 0 Å². The third kappa shape index (κ3) is 1.77. The topological polar surface area (TPSA) is 43.4 Å². The molecule has 5 heteroatoms. The molecular formula is C12H12O3S2. The van der Waals surface area contributed by atoms with Gasteiger partial charge >= 0.3 is 0 Å². The lowest BCUT2D eigenvalue weighted by Crippen LogP contribution is -2.24. The third-order valence-corrected chi connectivity index (χ3v) is 6.04. The number of thioether (sulfide) groups is 1. The van der Waals surface area contributed by atoms with Crippen LogP contribution in [0.15, 0.2) is 34.1 Å². The predicted octanol–water partition coefficient (Wildman–Crippen LogP) is 2.29. The van der Waals surface area contributed by atoms with Gasteiger partial charge in [-0.15, -0.1) is 11.8 Å². The zero-order chi connectivity index (χ0) is 12.0. The van der Waals surface area contributed by atoms with Crippen molar-refractivity contribution in [3.05, 3.63) is 34.7 Å². The summed E-state index contributed by atoms with van der Waals surface area (Å²) in [7, 11) is -3.19. The quantitative estimate of drug-likeness (QED) is 0.724. The molecule has 0 aromatic heterocycles. The third-order valence-electron chi connectivity index (χ3n) is 2.85. The first-order valence-corrected chi connectivity index (χ1v) is 8.06. The van der Waals surface area contributed by atoms with Gasteiger partial charge in [0.2, 0.25) is 0 Å². The van der Waals surface area contributed by atoms with Crippen LogP contribution in [0.25, 0.3) is 5.76 Å². The molecule has 1 aromatic rings. The van der Waals surface area contributed by atoms with Gasteiger partial charge in [0.25, 0.3) is 0 Å². The lowest BCUT2D eigenvalue weighted by molar-refractivity contribution is 0.203. The van der Waals surface area contributed by atoms with Crippen molar-refractivity contribution in [2.75, 3.05) is 11.5 Å². The highest BCUT2D eigenvalue weighted by atomic mass is 32.2. The minimum Gasteiger partial charge on any atom is -0.488 e. The van der Waals surface area contributed by atoms with E-state index in [1.54, 1.807) is 23.9 Å². The van der Waals surface area contributed by atoms with Crippen LogP contribution in [-0.2, 0) is 14.6 Å². The summed E-state index contributed by atoms with van der Waals surface area (Å²) >= 11 is 1.60. The maximum atomic E-state index is 12.1. The predicted molar refractivity (Wildman–Crippen MR) is 68.4 cm³/mol. The first-order valence-electron chi connectivity index (χ1n) is 5.43. The van der Waals surface area contributed by atoms with E-state index in [0.29, 0.717) is 10.5 Å². The molecule has 0 bridgehead atoms.